The van der Waals surface area contributed by atoms with Gasteiger partial charge in [0, 0.05) is 26.4 Å². The van der Waals surface area contributed by atoms with Gasteiger partial charge in [-0.25, -0.2) is 0 Å². The second-order valence-corrected chi connectivity index (χ2v) is 3.64. The highest BCUT2D eigenvalue weighted by atomic mass is 16.2. The summed E-state index contributed by atoms with van der Waals surface area (Å²) in [5.74, 6) is 0.105. The molecule has 15 heavy (non-hydrogen) atoms. The molecule has 0 spiro atoms. The number of unbranched alkanes of at least 4 members (excludes halogenated alkanes) is 2. The molecule has 0 unspecified atom stereocenters. The molecule has 0 saturated heterocycles. The van der Waals surface area contributed by atoms with Crippen molar-refractivity contribution in [2.24, 2.45) is 0 Å². The molecule has 0 aliphatic rings. The van der Waals surface area contributed by atoms with E-state index in [1.54, 1.807) is 0 Å². The van der Waals surface area contributed by atoms with Crippen molar-refractivity contribution in [1.29, 1.82) is 0 Å². The summed E-state index contributed by atoms with van der Waals surface area (Å²) in [6, 6.07) is 0. The fraction of sp³-hybridized carbons (Fsp3) is 0.818. The lowest BCUT2D eigenvalue weighted by Gasteiger charge is -2.04. The van der Waals surface area contributed by atoms with Gasteiger partial charge in [0.15, 0.2) is 0 Å². The van der Waals surface area contributed by atoms with E-state index in [0.717, 1.165) is 32.2 Å². The first-order valence-electron chi connectivity index (χ1n) is 5.68. The van der Waals surface area contributed by atoms with Gasteiger partial charge in [-0.15, -0.1) is 0 Å². The molecule has 0 aromatic rings. The Balaban J connectivity index is 3.20. The standard InChI is InChI=1S/C11H22N2O2/c1-3-4-8-13-11(15)7-5-6-9-12-10(2)14/h3-9H2,1-2H3,(H,12,14)(H,13,15). The van der Waals surface area contributed by atoms with Gasteiger partial charge < -0.3 is 10.6 Å². The number of hydrogen-bond donors (Lipinski definition) is 2. The zero-order valence-corrected chi connectivity index (χ0v) is 9.77. The average Bonchev–Trinajstić information content (AvgIpc) is 2.17. The highest BCUT2D eigenvalue weighted by molar-refractivity contribution is 5.75. The van der Waals surface area contributed by atoms with E-state index in [2.05, 4.69) is 17.6 Å². The Bertz CT molecular complexity index is 193. The van der Waals surface area contributed by atoms with Crippen molar-refractivity contribution in [1.82, 2.24) is 10.6 Å². The molecule has 0 aliphatic carbocycles. The summed E-state index contributed by atoms with van der Waals surface area (Å²) in [6.07, 6.45) is 4.39. The summed E-state index contributed by atoms with van der Waals surface area (Å²) in [7, 11) is 0. The molecule has 0 fully saturated rings. The second-order valence-electron chi connectivity index (χ2n) is 3.64. The van der Waals surface area contributed by atoms with Crippen LogP contribution in [0.4, 0.5) is 0 Å². The fourth-order valence-corrected chi connectivity index (χ4v) is 1.17. The molecular weight excluding hydrogens is 192 g/mol. The molecule has 4 nitrogen and oxygen atoms in total. The summed E-state index contributed by atoms with van der Waals surface area (Å²) in [4.78, 5) is 21.7. The van der Waals surface area contributed by atoms with Crippen molar-refractivity contribution in [3.05, 3.63) is 0 Å². The first-order valence-corrected chi connectivity index (χ1v) is 5.68. The molecule has 0 radical (unpaired) electrons. The maximum Gasteiger partial charge on any atom is 0.219 e. The van der Waals surface area contributed by atoms with E-state index in [1.165, 1.54) is 6.92 Å². The van der Waals surface area contributed by atoms with Crippen LogP contribution in [0.2, 0.25) is 0 Å². The highest BCUT2D eigenvalue weighted by Gasteiger charge is 1.99. The lowest BCUT2D eigenvalue weighted by Crippen LogP contribution is -2.25. The normalized spacial score (nSPS) is 9.73. The first kappa shape index (κ1) is 13.9. The Hall–Kier alpha value is -1.06. The zero-order chi connectivity index (χ0) is 11.5. The predicted octanol–water partition coefficient (Wildman–Crippen LogP) is 1.21. The van der Waals surface area contributed by atoms with Gasteiger partial charge in [-0.1, -0.05) is 13.3 Å². The van der Waals surface area contributed by atoms with Gasteiger partial charge in [0.25, 0.3) is 0 Å². The Morgan fingerprint density at radius 1 is 1.00 bits per heavy atom. The predicted molar refractivity (Wildman–Crippen MR) is 60.5 cm³/mol. The van der Waals surface area contributed by atoms with E-state index < -0.39 is 0 Å². The topological polar surface area (TPSA) is 58.2 Å². The van der Waals surface area contributed by atoms with E-state index >= 15 is 0 Å². The van der Waals surface area contributed by atoms with Gasteiger partial charge in [-0.3, -0.25) is 9.59 Å². The summed E-state index contributed by atoms with van der Waals surface area (Å²) in [5, 5.41) is 5.56. The molecule has 0 heterocycles. The zero-order valence-electron chi connectivity index (χ0n) is 9.77. The van der Waals surface area contributed by atoms with Crippen LogP contribution < -0.4 is 10.6 Å². The quantitative estimate of drug-likeness (QED) is 0.597. The van der Waals surface area contributed by atoms with E-state index in [1.807, 2.05) is 0 Å². The van der Waals surface area contributed by atoms with Gasteiger partial charge in [0.2, 0.25) is 11.8 Å². The number of nitrogens with one attached hydrogen (secondary N) is 2. The monoisotopic (exact) mass is 214 g/mol. The number of carbonyl (C=O) groups excluding carboxylic acids is 2. The third kappa shape index (κ3) is 10.9. The minimum Gasteiger partial charge on any atom is -0.356 e. The van der Waals surface area contributed by atoms with Crippen LogP contribution in [-0.2, 0) is 9.59 Å². The van der Waals surface area contributed by atoms with Crippen molar-refractivity contribution < 1.29 is 9.59 Å². The Morgan fingerprint density at radius 3 is 2.27 bits per heavy atom. The lowest BCUT2D eigenvalue weighted by molar-refractivity contribution is -0.121. The van der Waals surface area contributed by atoms with Crippen molar-refractivity contribution in [2.75, 3.05) is 13.1 Å². The van der Waals surface area contributed by atoms with Crippen molar-refractivity contribution in [3.63, 3.8) is 0 Å². The highest BCUT2D eigenvalue weighted by Crippen LogP contribution is 1.94. The molecule has 0 aromatic carbocycles. The molecule has 0 saturated carbocycles. The minimum atomic E-state index is -0.0117. The van der Waals surface area contributed by atoms with Crippen LogP contribution in [0.3, 0.4) is 0 Å². The summed E-state index contributed by atoms with van der Waals surface area (Å²) < 4.78 is 0. The molecule has 2 amide bonds. The lowest BCUT2D eigenvalue weighted by atomic mass is 10.2. The maximum absolute atomic E-state index is 11.2. The van der Waals surface area contributed by atoms with Crippen LogP contribution in [0.1, 0.15) is 46.0 Å². The first-order chi connectivity index (χ1) is 7.16. The maximum atomic E-state index is 11.2. The molecule has 0 atom stereocenters. The third-order valence-electron chi connectivity index (χ3n) is 2.06. The number of amides is 2. The van der Waals surface area contributed by atoms with E-state index in [4.69, 9.17) is 0 Å². The summed E-state index contributed by atoms with van der Waals surface area (Å²) in [5.41, 5.74) is 0. The van der Waals surface area contributed by atoms with Gasteiger partial charge in [-0.2, -0.15) is 0 Å². The van der Waals surface area contributed by atoms with E-state index in [9.17, 15) is 9.59 Å². The molecular formula is C11H22N2O2. The van der Waals surface area contributed by atoms with Crippen molar-refractivity contribution >= 4 is 11.8 Å². The molecule has 4 heteroatoms. The Morgan fingerprint density at radius 2 is 1.67 bits per heavy atom. The molecule has 88 valence electrons. The SMILES string of the molecule is CCCCNC(=O)CCCCNC(C)=O. The van der Waals surface area contributed by atoms with Crippen molar-refractivity contribution in [2.45, 2.75) is 46.0 Å². The van der Waals surface area contributed by atoms with Crippen LogP contribution in [0, 0.1) is 0 Å². The van der Waals surface area contributed by atoms with E-state index in [0.29, 0.717) is 13.0 Å². The Kier molecular flexibility index (Phi) is 8.82. The fourth-order valence-electron chi connectivity index (χ4n) is 1.17. The second kappa shape index (κ2) is 9.49. The molecule has 0 rings (SSSR count). The van der Waals surface area contributed by atoms with Crippen LogP contribution in [0.15, 0.2) is 0 Å². The van der Waals surface area contributed by atoms with Gasteiger partial charge in [-0.05, 0) is 19.3 Å². The molecule has 0 aromatic heterocycles. The Labute approximate surface area is 91.8 Å². The summed E-state index contributed by atoms with van der Waals surface area (Å²) >= 11 is 0. The molecule has 2 N–H and O–H groups in total. The number of rotatable bonds is 8. The molecule has 0 bridgehead atoms. The van der Waals surface area contributed by atoms with Gasteiger partial charge in [0.1, 0.15) is 0 Å². The average molecular weight is 214 g/mol. The number of carbonyl (C=O) groups is 2. The smallest absolute Gasteiger partial charge is 0.219 e. The van der Waals surface area contributed by atoms with Gasteiger partial charge >= 0.3 is 0 Å². The van der Waals surface area contributed by atoms with Crippen molar-refractivity contribution in [3.8, 4) is 0 Å². The summed E-state index contributed by atoms with van der Waals surface area (Å²) in [6.45, 7) is 5.04. The van der Waals surface area contributed by atoms with Crippen LogP contribution in [-0.4, -0.2) is 24.9 Å². The minimum absolute atomic E-state index is 0.0117. The largest absolute Gasteiger partial charge is 0.356 e. The van der Waals surface area contributed by atoms with Crippen LogP contribution >= 0.6 is 0 Å². The number of hydrogen-bond acceptors (Lipinski definition) is 2. The van der Waals surface area contributed by atoms with Crippen LogP contribution in [0.25, 0.3) is 0 Å². The molecule has 0 aliphatic heterocycles. The van der Waals surface area contributed by atoms with Gasteiger partial charge in [0.05, 0.1) is 0 Å². The van der Waals surface area contributed by atoms with Crippen LogP contribution in [0.5, 0.6) is 0 Å². The van der Waals surface area contributed by atoms with E-state index in [-0.39, 0.29) is 11.8 Å². The third-order valence-corrected chi connectivity index (χ3v) is 2.06.